The number of thioether (sulfide) groups is 1. The number of ether oxygens (including phenoxy) is 2. The highest BCUT2D eigenvalue weighted by Gasteiger charge is 2.23. The summed E-state index contributed by atoms with van der Waals surface area (Å²) >= 11 is 1.41. The van der Waals surface area contributed by atoms with E-state index in [1.165, 1.54) is 26.0 Å². The largest absolute Gasteiger partial charge is 0.493 e. The first-order valence-corrected chi connectivity index (χ1v) is 11.3. The number of carbonyl (C=O) groups is 2. The minimum absolute atomic E-state index is 0.160. The molecule has 1 aromatic heterocycles. The second-order valence-electron chi connectivity index (χ2n) is 7.31. The predicted octanol–water partition coefficient (Wildman–Crippen LogP) is 3.16. The molecule has 0 aliphatic heterocycles. The van der Waals surface area contributed by atoms with Crippen molar-refractivity contribution in [3.8, 4) is 11.5 Å². The topological polar surface area (TPSA) is 115 Å². The quantitative estimate of drug-likeness (QED) is 0.433. The number of aryl methyl sites for hydroxylation is 1. The third kappa shape index (κ3) is 5.67. The van der Waals surface area contributed by atoms with Crippen LogP contribution in [-0.2, 0) is 21.8 Å². The first-order chi connectivity index (χ1) is 15.8. The van der Waals surface area contributed by atoms with Crippen LogP contribution < -0.4 is 20.4 Å². The zero-order valence-corrected chi connectivity index (χ0v) is 19.4. The van der Waals surface area contributed by atoms with Crippen LogP contribution >= 0.6 is 11.8 Å². The lowest BCUT2D eigenvalue weighted by atomic mass is 10.0. The number of hydrogen-bond donors (Lipinski definition) is 2. The lowest BCUT2D eigenvalue weighted by Gasteiger charge is -2.15. The molecule has 33 heavy (non-hydrogen) atoms. The van der Waals surface area contributed by atoms with E-state index in [9.17, 15) is 19.5 Å². The number of nitrogens with one attached hydrogen (secondary N) is 1. The number of carbonyl (C=O) groups excluding carboxylic acids is 1. The normalized spacial score (nSPS) is 11.7. The van der Waals surface area contributed by atoms with Gasteiger partial charge in [0, 0.05) is 16.9 Å². The number of rotatable bonds is 10. The molecule has 0 aliphatic carbocycles. The van der Waals surface area contributed by atoms with Gasteiger partial charge in [-0.15, -0.1) is 0 Å². The van der Waals surface area contributed by atoms with Gasteiger partial charge < -0.3 is 24.3 Å². The fourth-order valence-corrected chi connectivity index (χ4v) is 4.43. The van der Waals surface area contributed by atoms with E-state index in [1.54, 1.807) is 19.1 Å². The molecule has 8 nitrogen and oxygen atoms in total. The van der Waals surface area contributed by atoms with Crippen molar-refractivity contribution >= 4 is 34.6 Å². The van der Waals surface area contributed by atoms with Crippen LogP contribution in [0.4, 0.5) is 0 Å². The Kier molecular flexibility index (Phi) is 8.00. The van der Waals surface area contributed by atoms with E-state index in [-0.39, 0.29) is 29.1 Å². The van der Waals surface area contributed by atoms with E-state index in [1.807, 2.05) is 30.3 Å². The van der Waals surface area contributed by atoms with Crippen molar-refractivity contribution in [1.82, 2.24) is 5.32 Å². The van der Waals surface area contributed by atoms with E-state index in [4.69, 9.17) is 13.9 Å². The van der Waals surface area contributed by atoms with Gasteiger partial charge in [0.25, 0.3) is 0 Å². The van der Waals surface area contributed by atoms with Gasteiger partial charge in [0.05, 0.1) is 26.2 Å². The van der Waals surface area contributed by atoms with Crippen molar-refractivity contribution in [2.45, 2.75) is 25.1 Å². The van der Waals surface area contributed by atoms with Crippen LogP contribution in [0.1, 0.15) is 16.7 Å². The summed E-state index contributed by atoms with van der Waals surface area (Å²) in [6, 6.07) is 12.0. The number of carboxylic acid groups (broad SMARTS) is 1. The van der Waals surface area contributed by atoms with Crippen LogP contribution in [0.25, 0.3) is 11.0 Å². The summed E-state index contributed by atoms with van der Waals surface area (Å²) in [6.45, 7) is 1.71. The zero-order chi connectivity index (χ0) is 24.0. The first kappa shape index (κ1) is 24.2. The second kappa shape index (κ2) is 10.9. The van der Waals surface area contributed by atoms with Gasteiger partial charge in [-0.25, -0.2) is 9.59 Å². The molecule has 2 N–H and O–H groups in total. The Morgan fingerprint density at radius 2 is 1.85 bits per heavy atom. The maximum atomic E-state index is 12.6. The van der Waals surface area contributed by atoms with Gasteiger partial charge in [-0.3, -0.25) is 4.79 Å². The molecule has 2 aromatic carbocycles. The van der Waals surface area contributed by atoms with E-state index in [0.29, 0.717) is 22.5 Å². The monoisotopic (exact) mass is 471 g/mol. The van der Waals surface area contributed by atoms with Gasteiger partial charge in [-0.05, 0) is 30.2 Å². The number of benzene rings is 2. The third-order valence-corrected chi connectivity index (χ3v) is 6.27. The Morgan fingerprint density at radius 1 is 1.12 bits per heavy atom. The molecule has 1 atom stereocenters. The van der Waals surface area contributed by atoms with Crippen molar-refractivity contribution in [2.75, 3.05) is 20.0 Å². The van der Waals surface area contributed by atoms with Gasteiger partial charge in [0.15, 0.2) is 11.3 Å². The first-order valence-electron chi connectivity index (χ1n) is 10.2. The van der Waals surface area contributed by atoms with Crippen LogP contribution in [0.15, 0.2) is 51.7 Å². The van der Waals surface area contributed by atoms with Crippen molar-refractivity contribution in [3.05, 3.63) is 69.6 Å². The minimum Gasteiger partial charge on any atom is -0.493 e. The summed E-state index contributed by atoms with van der Waals surface area (Å²) in [6.07, 6.45) is -0.300. The van der Waals surface area contributed by atoms with Crippen LogP contribution in [0.5, 0.6) is 11.5 Å². The van der Waals surface area contributed by atoms with Crippen LogP contribution in [0.3, 0.4) is 0 Å². The molecule has 1 amide bonds. The van der Waals surface area contributed by atoms with Gasteiger partial charge >= 0.3 is 11.6 Å². The standard InChI is InChI=1S/C24H25NO7S/c1-14-16-9-10-19(30-2)22(31-3)21(16)32-24(29)17(14)11-20(26)25-18(23(27)28)13-33-12-15-7-5-4-6-8-15/h4-10,18H,11-13H2,1-3H3,(H,25,26)(H,27,28)/t18-/m0/s1. The molecule has 3 rings (SSSR count). The molecule has 3 aromatic rings. The fraction of sp³-hybridized carbons (Fsp3) is 0.292. The number of aliphatic carboxylic acids is 1. The fourth-order valence-electron chi connectivity index (χ4n) is 3.42. The van der Waals surface area contributed by atoms with Crippen molar-refractivity contribution in [1.29, 1.82) is 0 Å². The summed E-state index contributed by atoms with van der Waals surface area (Å²) in [5.41, 5.74) is 1.32. The Balaban J connectivity index is 1.74. The average molecular weight is 472 g/mol. The average Bonchev–Trinajstić information content (AvgIpc) is 2.80. The SMILES string of the molecule is COc1ccc2c(C)c(CC(=O)N[C@@H](CSCc3ccccc3)C(=O)O)c(=O)oc2c1OC. The molecule has 0 aliphatic rings. The highest BCUT2D eigenvalue weighted by Crippen LogP contribution is 2.36. The molecule has 9 heteroatoms. The second-order valence-corrected chi connectivity index (χ2v) is 8.34. The summed E-state index contributed by atoms with van der Waals surface area (Å²) in [5.74, 6) is -0.193. The summed E-state index contributed by atoms with van der Waals surface area (Å²) in [4.78, 5) is 36.9. The van der Waals surface area contributed by atoms with Gasteiger partial charge in [0.2, 0.25) is 11.7 Å². The van der Waals surface area contributed by atoms with Crippen molar-refractivity contribution in [3.63, 3.8) is 0 Å². The maximum Gasteiger partial charge on any atom is 0.340 e. The molecule has 0 saturated carbocycles. The lowest BCUT2D eigenvalue weighted by molar-refractivity contribution is -0.141. The Bertz CT molecular complexity index is 1210. The van der Waals surface area contributed by atoms with Crippen molar-refractivity contribution in [2.24, 2.45) is 0 Å². The lowest BCUT2D eigenvalue weighted by Crippen LogP contribution is -2.43. The molecule has 0 bridgehead atoms. The molecule has 174 valence electrons. The molecular weight excluding hydrogens is 446 g/mol. The number of amides is 1. The number of methoxy groups -OCH3 is 2. The number of hydrogen-bond acceptors (Lipinski definition) is 7. The molecular formula is C24H25NO7S. The molecule has 0 unspecified atom stereocenters. The van der Waals surface area contributed by atoms with E-state index >= 15 is 0 Å². The Morgan fingerprint density at radius 3 is 2.48 bits per heavy atom. The Labute approximate surface area is 194 Å². The van der Waals surface area contributed by atoms with E-state index < -0.39 is 23.5 Å². The number of carboxylic acids is 1. The van der Waals surface area contributed by atoms with Crippen LogP contribution in [-0.4, -0.2) is 43.0 Å². The zero-order valence-electron chi connectivity index (χ0n) is 18.5. The van der Waals surface area contributed by atoms with Crippen LogP contribution in [0.2, 0.25) is 0 Å². The third-order valence-electron chi connectivity index (χ3n) is 5.16. The van der Waals surface area contributed by atoms with Crippen LogP contribution in [0, 0.1) is 6.92 Å². The summed E-state index contributed by atoms with van der Waals surface area (Å²) < 4.78 is 16.0. The Hall–Kier alpha value is -3.46. The van der Waals surface area contributed by atoms with Gasteiger partial charge in [-0.2, -0.15) is 11.8 Å². The van der Waals surface area contributed by atoms with Crippen molar-refractivity contribution < 1.29 is 28.6 Å². The number of fused-ring (bicyclic) bond motifs is 1. The molecule has 0 radical (unpaired) electrons. The molecule has 0 fully saturated rings. The van der Waals surface area contributed by atoms with E-state index in [0.717, 1.165) is 5.56 Å². The maximum absolute atomic E-state index is 12.6. The summed E-state index contributed by atoms with van der Waals surface area (Å²) in [5, 5.41) is 12.6. The molecule has 0 spiro atoms. The minimum atomic E-state index is -1.14. The highest BCUT2D eigenvalue weighted by molar-refractivity contribution is 7.98. The molecule has 1 heterocycles. The highest BCUT2D eigenvalue weighted by atomic mass is 32.2. The predicted molar refractivity (Wildman–Crippen MR) is 126 cm³/mol. The van der Waals surface area contributed by atoms with E-state index in [2.05, 4.69) is 5.32 Å². The molecule has 0 saturated heterocycles. The van der Waals surface area contributed by atoms with Gasteiger partial charge in [-0.1, -0.05) is 30.3 Å². The van der Waals surface area contributed by atoms with Gasteiger partial charge in [0.1, 0.15) is 6.04 Å². The summed E-state index contributed by atoms with van der Waals surface area (Å²) in [7, 11) is 2.92. The smallest absolute Gasteiger partial charge is 0.340 e.